The highest BCUT2D eigenvalue weighted by molar-refractivity contribution is 7.16. The normalized spacial score (nSPS) is 17.1. The van der Waals surface area contributed by atoms with Gasteiger partial charge >= 0.3 is 5.97 Å². The van der Waals surface area contributed by atoms with Crippen molar-refractivity contribution in [2.75, 3.05) is 12.4 Å². The summed E-state index contributed by atoms with van der Waals surface area (Å²) in [6, 6.07) is 9.68. The van der Waals surface area contributed by atoms with Crippen LogP contribution in [0.25, 0.3) is 0 Å². The van der Waals surface area contributed by atoms with Crippen LogP contribution < -0.4 is 5.32 Å². The number of halogens is 1. The summed E-state index contributed by atoms with van der Waals surface area (Å²) >= 11 is 7.79. The number of carbonyl (C=O) groups is 1. The highest BCUT2D eigenvalue weighted by Gasteiger charge is 2.24. The van der Waals surface area contributed by atoms with Crippen LogP contribution in [0.3, 0.4) is 0 Å². The molecule has 1 heterocycles. The minimum absolute atomic E-state index is 0.198. The quantitative estimate of drug-likeness (QED) is 0.834. The number of hydrogen-bond donors (Lipinski definition) is 1. The van der Waals surface area contributed by atoms with Crippen LogP contribution in [0.4, 0.5) is 5.69 Å². The molecule has 3 rings (SSSR count). The number of thiophene rings is 1. The lowest BCUT2D eigenvalue weighted by molar-refractivity contribution is 0.0602. The van der Waals surface area contributed by atoms with Gasteiger partial charge in [-0.1, -0.05) is 23.7 Å². The van der Waals surface area contributed by atoms with Crippen LogP contribution in [0.15, 0.2) is 30.3 Å². The lowest BCUT2D eigenvalue weighted by atomic mass is 9.93. The minimum Gasteiger partial charge on any atom is -0.465 e. The average Bonchev–Trinajstić information content (AvgIpc) is 2.88. The number of aryl methyl sites for hydroxylation is 1. The third-order valence-corrected chi connectivity index (χ3v) is 5.09. The zero-order valence-corrected chi connectivity index (χ0v) is 13.3. The van der Waals surface area contributed by atoms with Gasteiger partial charge in [0.25, 0.3) is 0 Å². The molecule has 1 atom stereocenters. The Morgan fingerprint density at radius 3 is 3.05 bits per heavy atom. The molecule has 3 nitrogen and oxygen atoms in total. The molecule has 0 spiro atoms. The zero-order chi connectivity index (χ0) is 14.8. The van der Waals surface area contributed by atoms with Crippen LogP contribution in [-0.2, 0) is 11.2 Å². The largest absolute Gasteiger partial charge is 0.465 e. The van der Waals surface area contributed by atoms with Gasteiger partial charge in [0.1, 0.15) is 0 Å². The Morgan fingerprint density at radius 2 is 2.24 bits per heavy atom. The molecule has 1 aliphatic carbocycles. The summed E-state index contributed by atoms with van der Waals surface area (Å²) in [5.74, 6) is -0.322. The van der Waals surface area contributed by atoms with E-state index >= 15 is 0 Å². The Labute approximate surface area is 132 Å². The lowest BCUT2D eigenvalue weighted by Crippen LogP contribution is -2.17. The van der Waals surface area contributed by atoms with E-state index < -0.39 is 0 Å². The van der Waals surface area contributed by atoms with E-state index in [9.17, 15) is 4.79 Å². The van der Waals surface area contributed by atoms with E-state index in [0.29, 0.717) is 5.56 Å². The number of anilines is 1. The van der Waals surface area contributed by atoms with Crippen LogP contribution in [-0.4, -0.2) is 13.1 Å². The van der Waals surface area contributed by atoms with Gasteiger partial charge < -0.3 is 10.1 Å². The number of ether oxygens (including phenoxy) is 1. The number of rotatable bonds is 3. The van der Waals surface area contributed by atoms with Gasteiger partial charge in [-0.25, -0.2) is 4.79 Å². The van der Waals surface area contributed by atoms with Crippen LogP contribution in [0.1, 0.15) is 39.7 Å². The van der Waals surface area contributed by atoms with Crippen LogP contribution in [0, 0.1) is 0 Å². The molecule has 0 saturated heterocycles. The van der Waals surface area contributed by atoms with E-state index in [1.54, 1.807) is 17.4 Å². The highest BCUT2D eigenvalue weighted by atomic mass is 35.5. The standard InChI is InChI=1S/C16H16ClNO2S/c1-20-16(19)10-5-2-3-6-12(10)18-13-7-4-8-14-11(13)9-15(17)21-14/h2-3,5-6,9,13,18H,4,7-8H2,1H3. The number of fused-ring (bicyclic) bond motifs is 1. The maximum absolute atomic E-state index is 11.8. The first-order valence-electron chi connectivity index (χ1n) is 6.91. The maximum atomic E-state index is 11.8. The predicted molar refractivity (Wildman–Crippen MR) is 86.4 cm³/mol. The summed E-state index contributed by atoms with van der Waals surface area (Å²) < 4.78 is 5.67. The molecular weight excluding hydrogens is 306 g/mol. The van der Waals surface area contributed by atoms with E-state index in [1.807, 2.05) is 24.3 Å². The topological polar surface area (TPSA) is 38.3 Å². The van der Waals surface area contributed by atoms with E-state index in [4.69, 9.17) is 16.3 Å². The van der Waals surface area contributed by atoms with Crippen LogP contribution in [0.5, 0.6) is 0 Å². The first-order valence-corrected chi connectivity index (χ1v) is 8.10. The number of para-hydroxylation sites is 1. The molecule has 2 aromatic rings. The average molecular weight is 322 g/mol. The number of benzene rings is 1. The monoisotopic (exact) mass is 321 g/mol. The molecule has 1 aromatic heterocycles. The summed E-state index contributed by atoms with van der Waals surface area (Å²) in [5, 5.41) is 3.48. The van der Waals surface area contributed by atoms with Crippen molar-refractivity contribution in [1.29, 1.82) is 0 Å². The molecule has 110 valence electrons. The number of nitrogens with one attached hydrogen (secondary N) is 1. The minimum atomic E-state index is -0.322. The van der Waals surface area contributed by atoms with Gasteiger partial charge in [0.05, 0.1) is 23.1 Å². The Bertz CT molecular complexity index is 668. The van der Waals surface area contributed by atoms with Crippen molar-refractivity contribution in [2.24, 2.45) is 0 Å². The van der Waals surface area contributed by atoms with Crippen LogP contribution >= 0.6 is 22.9 Å². The van der Waals surface area contributed by atoms with Gasteiger partial charge in [0.2, 0.25) is 0 Å². The zero-order valence-electron chi connectivity index (χ0n) is 11.7. The van der Waals surface area contributed by atoms with Crippen molar-refractivity contribution >= 4 is 34.6 Å². The van der Waals surface area contributed by atoms with Gasteiger partial charge in [-0.3, -0.25) is 0 Å². The molecule has 1 aromatic carbocycles. The molecule has 0 amide bonds. The van der Waals surface area contributed by atoms with Gasteiger partial charge in [0, 0.05) is 10.6 Å². The fourth-order valence-electron chi connectivity index (χ4n) is 2.76. The first-order chi connectivity index (χ1) is 10.2. The fourth-order valence-corrected chi connectivity index (χ4v) is 4.14. The summed E-state index contributed by atoms with van der Waals surface area (Å²) in [5.41, 5.74) is 2.63. The Kier molecular flexibility index (Phi) is 4.17. The molecular formula is C16H16ClNO2S. The highest BCUT2D eigenvalue weighted by Crippen LogP contribution is 2.39. The predicted octanol–water partition coefficient (Wildman–Crippen LogP) is 4.68. The summed E-state index contributed by atoms with van der Waals surface area (Å²) in [6.45, 7) is 0. The molecule has 0 fully saturated rings. The molecule has 0 aliphatic heterocycles. The molecule has 1 unspecified atom stereocenters. The summed E-state index contributed by atoms with van der Waals surface area (Å²) in [4.78, 5) is 13.2. The maximum Gasteiger partial charge on any atom is 0.339 e. The molecule has 0 bridgehead atoms. The van der Waals surface area contributed by atoms with E-state index in [1.165, 1.54) is 17.6 Å². The number of methoxy groups -OCH3 is 1. The van der Waals surface area contributed by atoms with Gasteiger partial charge in [-0.15, -0.1) is 11.3 Å². The van der Waals surface area contributed by atoms with Gasteiger partial charge in [-0.05, 0) is 43.0 Å². The van der Waals surface area contributed by atoms with Crippen molar-refractivity contribution < 1.29 is 9.53 Å². The molecule has 0 radical (unpaired) electrons. The van der Waals surface area contributed by atoms with Crippen molar-refractivity contribution in [1.82, 2.24) is 0 Å². The van der Waals surface area contributed by atoms with Gasteiger partial charge in [-0.2, -0.15) is 0 Å². The van der Waals surface area contributed by atoms with E-state index in [2.05, 4.69) is 5.32 Å². The molecule has 21 heavy (non-hydrogen) atoms. The first kappa shape index (κ1) is 14.4. The molecule has 5 heteroatoms. The molecule has 0 saturated carbocycles. The third-order valence-electron chi connectivity index (χ3n) is 3.75. The third kappa shape index (κ3) is 2.92. The Balaban J connectivity index is 1.90. The molecule has 1 N–H and O–H groups in total. The van der Waals surface area contributed by atoms with Crippen molar-refractivity contribution in [3.05, 3.63) is 50.7 Å². The van der Waals surface area contributed by atoms with Crippen molar-refractivity contribution in [2.45, 2.75) is 25.3 Å². The number of hydrogen-bond acceptors (Lipinski definition) is 4. The lowest BCUT2D eigenvalue weighted by Gasteiger charge is -2.25. The summed E-state index contributed by atoms with van der Waals surface area (Å²) in [7, 11) is 1.40. The second kappa shape index (κ2) is 6.08. The number of esters is 1. The second-order valence-corrected chi connectivity index (χ2v) is 6.82. The second-order valence-electron chi connectivity index (χ2n) is 5.06. The van der Waals surface area contributed by atoms with E-state index in [0.717, 1.165) is 29.3 Å². The van der Waals surface area contributed by atoms with Crippen LogP contribution in [0.2, 0.25) is 4.34 Å². The van der Waals surface area contributed by atoms with E-state index in [-0.39, 0.29) is 12.0 Å². The molecule has 1 aliphatic rings. The van der Waals surface area contributed by atoms with Gasteiger partial charge in [0.15, 0.2) is 0 Å². The Morgan fingerprint density at radius 1 is 1.43 bits per heavy atom. The van der Waals surface area contributed by atoms with Crippen molar-refractivity contribution in [3.8, 4) is 0 Å². The fraction of sp³-hybridized carbons (Fsp3) is 0.312. The number of carbonyl (C=O) groups excluding carboxylic acids is 1. The Hall–Kier alpha value is -1.52. The van der Waals surface area contributed by atoms with Crippen molar-refractivity contribution in [3.63, 3.8) is 0 Å². The SMILES string of the molecule is COC(=O)c1ccccc1NC1CCCc2sc(Cl)cc21. The smallest absolute Gasteiger partial charge is 0.339 e. The summed E-state index contributed by atoms with van der Waals surface area (Å²) in [6.07, 6.45) is 3.25.